The van der Waals surface area contributed by atoms with Gasteiger partial charge in [-0.05, 0) is 56.3 Å². The quantitative estimate of drug-likeness (QED) is 0.582. The summed E-state index contributed by atoms with van der Waals surface area (Å²) >= 11 is 0. The molecular formula is C27H39NO7. The summed E-state index contributed by atoms with van der Waals surface area (Å²) in [5.74, 6) is -1.00. The van der Waals surface area contributed by atoms with Crippen LogP contribution in [0, 0.1) is 29.1 Å². The summed E-state index contributed by atoms with van der Waals surface area (Å²) in [5, 5.41) is 20.2. The number of Topliss-reactive ketones (excluding diaryl/α,β-unsaturated/α-hetero) is 1. The SMILES string of the molecule is O=C(C[C@H]1CCCCCCC[C@@H]2C[C@@]2(C(=O)O)CC(=O)[C@@H]2C[C@@H](O)CN2C1=O)OC1C[C@@H]2C[C@@H]2C1. The molecule has 0 spiro atoms. The van der Waals surface area contributed by atoms with Crippen LogP contribution in [0.25, 0.3) is 0 Å². The Morgan fingerprint density at radius 2 is 1.66 bits per heavy atom. The highest BCUT2D eigenvalue weighted by Crippen LogP contribution is 2.58. The van der Waals surface area contributed by atoms with Gasteiger partial charge in [-0.1, -0.05) is 32.1 Å². The second-order valence-electron chi connectivity index (χ2n) is 12.0. The summed E-state index contributed by atoms with van der Waals surface area (Å²) in [6.45, 7) is 0.0519. The topological polar surface area (TPSA) is 121 Å². The van der Waals surface area contributed by atoms with Crippen LogP contribution >= 0.6 is 0 Å². The van der Waals surface area contributed by atoms with Crippen molar-refractivity contribution in [2.75, 3.05) is 6.54 Å². The van der Waals surface area contributed by atoms with Gasteiger partial charge in [0, 0.05) is 25.3 Å². The average Bonchev–Trinajstić information content (AvgIpc) is 3.61. The molecule has 0 aromatic carbocycles. The van der Waals surface area contributed by atoms with E-state index in [1.54, 1.807) is 0 Å². The van der Waals surface area contributed by atoms with E-state index >= 15 is 0 Å². The molecule has 8 heteroatoms. The van der Waals surface area contributed by atoms with Crippen molar-refractivity contribution in [2.45, 2.75) is 108 Å². The number of fused-ring (bicyclic) bond motifs is 3. The van der Waals surface area contributed by atoms with Crippen molar-refractivity contribution in [2.24, 2.45) is 29.1 Å². The van der Waals surface area contributed by atoms with Crippen molar-refractivity contribution in [3.63, 3.8) is 0 Å². The Balaban J connectivity index is 1.29. The predicted octanol–water partition coefficient (Wildman–Crippen LogP) is 3.09. The molecule has 0 aromatic heterocycles. The van der Waals surface area contributed by atoms with E-state index in [0.29, 0.717) is 24.7 Å². The van der Waals surface area contributed by atoms with Crippen LogP contribution in [0.3, 0.4) is 0 Å². The van der Waals surface area contributed by atoms with Gasteiger partial charge >= 0.3 is 11.9 Å². The number of esters is 1. The highest BCUT2D eigenvalue weighted by Gasteiger charge is 2.61. The van der Waals surface area contributed by atoms with Gasteiger partial charge in [-0.2, -0.15) is 0 Å². The number of nitrogens with zero attached hydrogens (tertiary/aromatic N) is 1. The summed E-state index contributed by atoms with van der Waals surface area (Å²) in [6, 6.07) is -0.819. The molecule has 0 radical (unpaired) electrons. The lowest BCUT2D eigenvalue weighted by Crippen LogP contribution is -2.45. The molecule has 2 heterocycles. The van der Waals surface area contributed by atoms with Gasteiger partial charge in [0.05, 0.1) is 24.0 Å². The molecule has 1 amide bonds. The van der Waals surface area contributed by atoms with E-state index in [1.165, 1.54) is 11.3 Å². The van der Waals surface area contributed by atoms with Gasteiger partial charge in [-0.15, -0.1) is 0 Å². The second kappa shape index (κ2) is 9.83. The third-order valence-electron chi connectivity index (χ3n) is 9.45. The summed E-state index contributed by atoms with van der Waals surface area (Å²) < 4.78 is 5.71. The van der Waals surface area contributed by atoms with Gasteiger partial charge in [-0.25, -0.2) is 0 Å². The molecule has 5 fully saturated rings. The molecule has 5 rings (SSSR count). The molecular weight excluding hydrogens is 450 g/mol. The summed E-state index contributed by atoms with van der Waals surface area (Å²) in [5.41, 5.74) is -1.02. The van der Waals surface area contributed by atoms with E-state index in [9.17, 15) is 29.4 Å². The fraction of sp³-hybridized carbons (Fsp3) is 0.852. The maximum Gasteiger partial charge on any atom is 0.310 e. The molecule has 35 heavy (non-hydrogen) atoms. The Morgan fingerprint density at radius 3 is 2.37 bits per heavy atom. The van der Waals surface area contributed by atoms with Crippen molar-refractivity contribution < 1.29 is 34.1 Å². The number of aliphatic hydroxyl groups is 1. The van der Waals surface area contributed by atoms with Crippen LogP contribution in [0.5, 0.6) is 0 Å². The molecule has 1 unspecified atom stereocenters. The fourth-order valence-electron chi connectivity index (χ4n) is 7.15. The molecule has 2 saturated heterocycles. The number of carboxylic acid groups (broad SMARTS) is 1. The molecule has 0 bridgehead atoms. The lowest BCUT2D eigenvalue weighted by Gasteiger charge is -2.29. The number of aliphatic hydroxyl groups excluding tert-OH is 1. The molecule has 5 aliphatic rings. The van der Waals surface area contributed by atoms with Gasteiger partial charge in [0.2, 0.25) is 5.91 Å². The molecule has 0 aromatic rings. The number of rotatable bonds is 4. The minimum absolute atomic E-state index is 0.000685. The number of ketones is 1. The zero-order chi connectivity index (χ0) is 24.7. The smallest absolute Gasteiger partial charge is 0.310 e. The average molecular weight is 490 g/mol. The van der Waals surface area contributed by atoms with Gasteiger partial charge < -0.3 is 19.8 Å². The van der Waals surface area contributed by atoms with Gasteiger partial charge in [0.1, 0.15) is 6.10 Å². The second-order valence-corrected chi connectivity index (χ2v) is 12.0. The minimum atomic E-state index is -1.02. The van der Waals surface area contributed by atoms with E-state index < -0.39 is 29.4 Å². The van der Waals surface area contributed by atoms with Crippen LogP contribution in [-0.4, -0.2) is 63.5 Å². The molecule has 2 aliphatic heterocycles. The van der Waals surface area contributed by atoms with E-state index in [1.807, 2.05) is 0 Å². The first-order chi connectivity index (χ1) is 16.8. The zero-order valence-corrected chi connectivity index (χ0v) is 20.5. The number of amides is 1. The molecule has 3 saturated carbocycles. The van der Waals surface area contributed by atoms with Crippen LogP contribution < -0.4 is 0 Å². The normalized spacial score (nSPS) is 41.7. The van der Waals surface area contributed by atoms with Crippen LogP contribution in [-0.2, 0) is 23.9 Å². The van der Waals surface area contributed by atoms with Gasteiger partial charge in [-0.3, -0.25) is 19.2 Å². The van der Waals surface area contributed by atoms with E-state index in [-0.39, 0.29) is 55.5 Å². The highest BCUT2D eigenvalue weighted by atomic mass is 16.5. The van der Waals surface area contributed by atoms with Crippen LogP contribution in [0.4, 0.5) is 0 Å². The first-order valence-corrected chi connectivity index (χ1v) is 13.7. The summed E-state index contributed by atoms with van der Waals surface area (Å²) in [4.78, 5) is 53.2. The molecule has 2 N–H and O–H groups in total. The van der Waals surface area contributed by atoms with Crippen LogP contribution in [0.15, 0.2) is 0 Å². The lowest BCUT2D eigenvalue weighted by molar-refractivity contribution is -0.154. The number of ether oxygens (including phenoxy) is 1. The number of carbonyl (C=O) groups is 4. The third-order valence-corrected chi connectivity index (χ3v) is 9.45. The van der Waals surface area contributed by atoms with E-state index in [4.69, 9.17) is 4.74 Å². The predicted molar refractivity (Wildman–Crippen MR) is 125 cm³/mol. The van der Waals surface area contributed by atoms with Crippen molar-refractivity contribution in [3.8, 4) is 0 Å². The maximum atomic E-state index is 13.6. The first kappa shape index (κ1) is 24.7. The number of hydrogen-bond acceptors (Lipinski definition) is 6. The molecule has 8 nitrogen and oxygen atoms in total. The zero-order valence-electron chi connectivity index (χ0n) is 20.5. The van der Waals surface area contributed by atoms with E-state index in [2.05, 4.69) is 0 Å². The van der Waals surface area contributed by atoms with Crippen molar-refractivity contribution in [3.05, 3.63) is 0 Å². The number of hydrogen-bond donors (Lipinski definition) is 2. The van der Waals surface area contributed by atoms with Gasteiger partial charge in [0.25, 0.3) is 0 Å². The van der Waals surface area contributed by atoms with Crippen molar-refractivity contribution in [1.29, 1.82) is 0 Å². The Kier molecular flexibility index (Phi) is 6.94. The number of carbonyl (C=O) groups excluding carboxylic acids is 3. The number of aliphatic carboxylic acids is 1. The van der Waals surface area contributed by atoms with Crippen LogP contribution in [0.2, 0.25) is 0 Å². The monoisotopic (exact) mass is 489 g/mol. The third kappa shape index (κ3) is 5.27. The minimum Gasteiger partial charge on any atom is -0.481 e. The largest absolute Gasteiger partial charge is 0.481 e. The number of carboxylic acids is 1. The lowest BCUT2D eigenvalue weighted by atomic mass is 9.90. The Morgan fingerprint density at radius 1 is 0.971 bits per heavy atom. The fourth-order valence-corrected chi connectivity index (χ4v) is 7.15. The van der Waals surface area contributed by atoms with Crippen molar-refractivity contribution in [1.82, 2.24) is 4.90 Å². The Hall–Kier alpha value is -1.96. The van der Waals surface area contributed by atoms with Gasteiger partial charge in [0.15, 0.2) is 5.78 Å². The Bertz CT molecular complexity index is 864. The summed E-state index contributed by atoms with van der Waals surface area (Å²) in [7, 11) is 0. The van der Waals surface area contributed by atoms with E-state index in [0.717, 1.165) is 51.4 Å². The van der Waals surface area contributed by atoms with Crippen molar-refractivity contribution >= 4 is 23.6 Å². The standard InChI is InChI=1S/C27H39NO7/c29-20-12-22-23(30)14-27(26(33)34)13-19(27)7-5-3-1-2-4-6-16(25(32)28(22)15-20)11-24(31)35-21-9-17-8-18(17)10-21/h16-22,29H,1-15H2,(H,33,34)/t16-,17-,18+,19-,20-,21?,22+,27-/m1/s1. The Labute approximate surface area is 206 Å². The molecule has 8 atom stereocenters. The maximum absolute atomic E-state index is 13.6. The summed E-state index contributed by atoms with van der Waals surface area (Å²) in [6.07, 6.45) is 8.87. The first-order valence-electron chi connectivity index (χ1n) is 13.7. The molecule has 3 aliphatic carbocycles. The highest BCUT2D eigenvalue weighted by molar-refractivity contribution is 5.95. The molecule has 194 valence electrons. The van der Waals surface area contributed by atoms with Crippen LogP contribution in [0.1, 0.15) is 89.9 Å².